The standard InChI is InChI=1S/C23H32N4O5/c1-3-20(28)30-13-18-17(31-21(29)11-15-7-5-4-6-8-15)12-23(2,32-18)19-10-9-16-22(24)25-14-26-27(16)19/h9-10,14-15,17-18H,3-8,11-13H2,1-2H3,(H2,24,25,26)/t17-,18+,23+/m0/s1. The van der Waals surface area contributed by atoms with E-state index in [1.807, 2.05) is 19.1 Å². The van der Waals surface area contributed by atoms with Gasteiger partial charge in [-0.15, -0.1) is 0 Å². The number of hydrogen-bond donors (Lipinski definition) is 1. The lowest BCUT2D eigenvalue weighted by atomic mass is 9.87. The monoisotopic (exact) mass is 444 g/mol. The maximum atomic E-state index is 12.7. The van der Waals surface area contributed by atoms with Crippen LogP contribution in [0.2, 0.25) is 0 Å². The number of nitrogens with two attached hydrogens (primary N) is 1. The van der Waals surface area contributed by atoms with Crippen LogP contribution in [0.25, 0.3) is 5.52 Å². The van der Waals surface area contributed by atoms with E-state index < -0.39 is 17.8 Å². The normalized spacial score (nSPS) is 26.3. The van der Waals surface area contributed by atoms with Gasteiger partial charge in [0.15, 0.2) is 5.82 Å². The van der Waals surface area contributed by atoms with Gasteiger partial charge >= 0.3 is 11.9 Å². The maximum Gasteiger partial charge on any atom is 0.306 e. The molecule has 174 valence electrons. The second-order valence-electron chi connectivity index (χ2n) is 9.03. The first kappa shape index (κ1) is 22.5. The van der Waals surface area contributed by atoms with E-state index in [9.17, 15) is 9.59 Å². The van der Waals surface area contributed by atoms with E-state index >= 15 is 0 Å². The van der Waals surface area contributed by atoms with Gasteiger partial charge in [-0.1, -0.05) is 26.2 Å². The predicted octanol–water partition coefficient (Wildman–Crippen LogP) is 3.15. The predicted molar refractivity (Wildman–Crippen MR) is 117 cm³/mol. The molecule has 3 heterocycles. The highest BCUT2D eigenvalue weighted by Crippen LogP contribution is 2.41. The SMILES string of the molecule is CCC(=O)OC[C@H]1O[C@@](C)(c2ccc3c(N)ncnn23)C[C@@H]1OC(=O)CC1CCCCC1. The van der Waals surface area contributed by atoms with Crippen LogP contribution in [0.4, 0.5) is 5.82 Å². The zero-order valence-electron chi connectivity index (χ0n) is 18.8. The molecule has 2 fully saturated rings. The molecule has 0 unspecified atom stereocenters. The number of ether oxygens (including phenoxy) is 3. The molecule has 0 aromatic carbocycles. The first-order valence-electron chi connectivity index (χ1n) is 11.5. The Hall–Kier alpha value is -2.68. The van der Waals surface area contributed by atoms with Gasteiger partial charge < -0.3 is 19.9 Å². The molecule has 0 bridgehead atoms. The van der Waals surface area contributed by atoms with Gasteiger partial charge in [-0.25, -0.2) is 9.50 Å². The van der Waals surface area contributed by atoms with Crippen molar-refractivity contribution >= 4 is 23.3 Å². The molecule has 0 spiro atoms. The number of fused-ring (bicyclic) bond motifs is 1. The molecule has 32 heavy (non-hydrogen) atoms. The number of carbonyl (C=O) groups excluding carboxylic acids is 2. The molecule has 1 aliphatic carbocycles. The Kier molecular flexibility index (Phi) is 6.64. The number of rotatable bonds is 7. The van der Waals surface area contributed by atoms with Crippen molar-refractivity contribution in [1.29, 1.82) is 0 Å². The summed E-state index contributed by atoms with van der Waals surface area (Å²) in [5, 5.41) is 4.32. The van der Waals surface area contributed by atoms with Crippen molar-refractivity contribution in [3.63, 3.8) is 0 Å². The summed E-state index contributed by atoms with van der Waals surface area (Å²) in [5.74, 6) is 0.226. The molecule has 1 saturated heterocycles. The topological polar surface area (TPSA) is 118 Å². The van der Waals surface area contributed by atoms with Gasteiger partial charge in [0, 0.05) is 19.3 Å². The summed E-state index contributed by atoms with van der Waals surface area (Å²) < 4.78 is 19.3. The van der Waals surface area contributed by atoms with E-state index in [1.54, 1.807) is 11.4 Å². The molecule has 2 aliphatic rings. The van der Waals surface area contributed by atoms with Crippen LogP contribution in [0.5, 0.6) is 0 Å². The Morgan fingerprint density at radius 2 is 2.03 bits per heavy atom. The Labute approximate surface area is 187 Å². The maximum absolute atomic E-state index is 12.7. The molecule has 2 N–H and O–H groups in total. The zero-order chi connectivity index (χ0) is 22.7. The van der Waals surface area contributed by atoms with Crippen LogP contribution in [0.15, 0.2) is 18.5 Å². The van der Waals surface area contributed by atoms with Crippen LogP contribution >= 0.6 is 0 Å². The lowest BCUT2D eigenvalue weighted by molar-refractivity contribution is -0.160. The van der Waals surface area contributed by atoms with Gasteiger partial charge in [0.2, 0.25) is 0 Å². The second-order valence-corrected chi connectivity index (χ2v) is 9.03. The molecule has 0 radical (unpaired) electrons. The van der Waals surface area contributed by atoms with Crippen molar-refractivity contribution in [1.82, 2.24) is 14.6 Å². The quantitative estimate of drug-likeness (QED) is 0.647. The molecule has 0 amide bonds. The lowest BCUT2D eigenvalue weighted by Gasteiger charge is -2.24. The molecule has 4 rings (SSSR count). The molecule has 9 nitrogen and oxygen atoms in total. The third kappa shape index (κ3) is 4.72. The molecule has 1 saturated carbocycles. The minimum atomic E-state index is -0.799. The zero-order valence-corrected chi connectivity index (χ0v) is 18.8. The molecule has 1 aliphatic heterocycles. The molecular weight excluding hydrogens is 412 g/mol. The fourth-order valence-electron chi connectivity index (χ4n) is 4.87. The minimum Gasteiger partial charge on any atom is -0.463 e. The summed E-state index contributed by atoms with van der Waals surface area (Å²) in [4.78, 5) is 28.5. The highest BCUT2D eigenvalue weighted by atomic mass is 16.6. The van der Waals surface area contributed by atoms with Crippen molar-refractivity contribution in [3.8, 4) is 0 Å². The van der Waals surface area contributed by atoms with E-state index in [0.717, 1.165) is 18.5 Å². The highest BCUT2D eigenvalue weighted by Gasteiger charge is 2.48. The van der Waals surface area contributed by atoms with E-state index in [2.05, 4.69) is 10.1 Å². The Bertz CT molecular complexity index is 970. The largest absolute Gasteiger partial charge is 0.463 e. The van der Waals surface area contributed by atoms with Crippen LogP contribution in [-0.2, 0) is 29.4 Å². The summed E-state index contributed by atoms with van der Waals surface area (Å²) in [7, 11) is 0. The van der Waals surface area contributed by atoms with Crippen LogP contribution in [0.1, 0.15) is 70.9 Å². The lowest BCUT2D eigenvalue weighted by Crippen LogP contribution is -2.32. The fourth-order valence-corrected chi connectivity index (χ4v) is 4.87. The molecule has 2 aromatic rings. The van der Waals surface area contributed by atoms with Crippen LogP contribution in [0, 0.1) is 5.92 Å². The van der Waals surface area contributed by atoms with E-state index in [0.29, 0.717) is 30.1 Å². The summed E-state index contributed by atoms with van der Waals surface area (Å²) in [5.41, 5.74) is 6.63. The van der Waals surface area contributed by atoms with Crippen molar-refractivity contribution in [2.75, 3.05) is 12.3 Å². The van der Waals surface area contributed by atoms with Crippen molar-refractivity contribution < 1.29 is 23.8 Å². The van der Waals surface area contributed by atoms with E-state index in [4.69, 9.17) is 19.9 Å². The molecular formula is C23H32N4O5. The van der Waals surface area contributed by atoms with E-state index in [1.165, 1.54) is 25.6 Å². The molecule has 2 aromatic heterocycles. The van der Waals surface area contributed by atoms with Crippen LogP contribution < -0.4 is 5.73 Å². The number of anilines is 1. The van der Waals surface area contributed by atoms with Gasteiger partial charge in [-0.3, -0.25) is 9.59 Å². The Morgan fingerprint density at radius 1 is 1.25 bits per heavy atom. The van der Waals surface area contributed by atoms with Gasteiger partial charge in [-0.05, 0) is 37.8 Å². The second kappa shape index (κ2) is 9.44. The average molecular weight is 445 g/mol. The van der Waals surface area contributed by atoms with Gasteiger partial charge in [-0.2, -0.15) is 5.10 Å². The van der Waals surface area contributed by atoms with Gasteiger partial charge in [0.25, 0.3) is 0 Å². The molecule has 3 atom stereocenters. The van der Waals surface area contributed by atoms with Gasteiger partial charge in [0.05, 0.1) is 5.69 Å². The summed E-state index contributed by atoms with van der Waals surface area (Å²) in [6, 6.07) is 3.73. The van der Waals surface area contributed by atoms with E-state index in [-0.39, 0.29) is 25.0 Å². The van der Waals surface area contributed by atoms with Gasteiger partial charge in [0.1, 0.15) is 36.3 Å². The number of nitrogens with zero attached hydrogens (tertiary/aromatic N) is 3. The van der Waals surface area contributed by atoms with Crippen molar-refractivity contribution in [3.05, 3.63) is 24.2 Å². The number of esters is 2. The summed E-state index contributed by atoms with van der Waals surface area (Å²) in [6.45, 7) is 3.70. The Balaban J connectivity index is 1.52. The molecule has 9 heteroatoms. The highest BCUT2D eigenvalue weighted by molar-refractivity contribution is 5.70. The smallest absolute Gasteiger partial charge is 0.306 e. The number of nitrogen functional groups attached to an aromatic ring is 1. The van der Waals surface area contributed by atoms with Crippen molar-refractivity contribution in [2.45, 2.75) is 83.0 Å². The number of hydrogen-bond acceptors (Lipinski definition) is 8. The summed E-state index contributed by atoms with van der Waals surface area (Å²) >= 11 is 0. The first-order chi connectivity index (χ1) is 15.4. The third-order valence-corrected chi connectivity index (χ3v) is 6.60. The Morgan fingerprint density at radius 3 is 2.78 bits per heavy atom. The minimum absolute atomic E-state index is 0.0318. The third-order valence-electron chi connectivity index (χ3n) is 6.60. The average Bonchev–Trinajstić information content (AvgIpc) is 3.35. The number of aromatic nitrogens is 3. The first-order valence-corrected chi connectivity index (χ1v) is 11.5. The van der Waals surface area contributed by atoms with Crippen molar-refractivity contribution in [2.24, 2.45) is 5.92 Å². The fraction of sp³-hybridized carbons (Fsp3) is 0.652. The number of carbonyl (C=O) groups is 2. The van der Waals surface area contributed by atoms with Crippen LogP contribution in [0.3, 0.4) is 0 Å². The van der Waals surface area contributed by atoms with Crippen LogP contribution in [-0.4, -0.2) is 45.4 Å². The summed E-state index contributed by atoms with van der Waals surface area (Å²) in [6.07, 6.45) is 7.16.